The van der Waals surface area contributed by atoms with Crippen LogP contribution in [-0.2, 0) is 6.54 Å². The van der Waals surface area contributed by atoms with Crippen LogP contribution < -0.4 is 10.1 Å². The summed E-state index contributed by atoms with van der Waals surface area (Å²) < 4.78 is 7.30. The number of carbonyl (C=O) groups excluding carboxylic acids is 1. The molecule has 1 aromatic carbocycles. The van der Waals surface area contributed by atoms with Crippen LogP contribution in [0.3, 0.4) is 0 Å². The van der Waals surface area contributed by atoms with E-state index in [1.54, 1.807) is 7.11 Å². The average molecular weight is 312 g/mol. The molecule has 1 aromatic heterocycles. The zero-order valence-electron chi connectivity index (χ0n) is 13.7. The van der Waals surface area contributed by atoms with Gasteiger partial charge >= 0.3 is 0 Å². The summed E-state index contributed by atoms with van der Waals surface area (Å²) in [7, 11) is 1.65. The fourth-order valence-electron chi connectivity index (χ4n) is 3.40. The Balaban J connectivity index is 1.92. The van der Waals surface area contributed by atoms with E-state index in [1.807, 2.05) is 34.9 Å². The summed E-state index contributed by atoms with van der Waals surface area (Å²) in [6.45, 7) is 4.43. The van der Waals surface area contributed by atoms with Crippen molar-refractivity contribution in [3.8, 4) is 5.75 Å². The van der Waals surface area contributed by atoms with E-state index in [-0.39, 0.29) is 5.91 Å². The summed E-state index contributed by atoms with van der Waals surface area (Å²) >= 11 is 0. The number of nitrogens with one attached hydrogen (secondary N) is 1. The Kier molecular flexibility index (Phi) is 4.70. The van der Waals surface area contributed by atoms with Gasteiger partial charge in [-0.05, 0) is 37.1 Å². The van der Waals surface area contributed by atoms with Gasteiger partial charge in [0.2, 0.25) is 0 Å². The molecule has 4 nitrogen and oxygen atoms in total. The van der Waals surface area contributed by atoms with E-state index in [1.165, 1.54) is 19.3 Å². The molecular formula is C19H24N2O2. The average Bonchev–Trinajstić information content (AvgIpc) is 2.94. The predicted octanol–water partition coefficient (Wildman–Crippen LogP) is 3.90. The summed E-state index contributed by atoms with van der Waals surface area (Å²) in [5.74, 6) is 0.807. The van der Waals surface area contributed by atoms with Crippen LogP contribution >= 0.6 is 0 Å². The molecule has 1 heterocycles. The molecule has 0 aliphatic heterocycles. The molecule has 23 heavy (non-hydrogen) atoms. The van der Waals surface area contributed by atoms with E-state index in [9.17, 15) is 4.79 Å². The molecule has 1 N–H and O–H groups in total. The Morgan fingerprint density at radius 1 is 1.35 bits per heavy atom. The normalized spacial score (nSPS) is 15.5. The number of fused-ring (bicyclic) bond motifs is 1. The molecule has 1 aliphatic rings. The lowest BCUT2D eigenvalue weighted by Gasteiger charge is -2.23. The monoisotopic (exact) mass is 312 g/mol. The predicted molar refractivity (Wildman–Crippen MR) is 93.0 cm³/mol. The standard InChI is InChI=1S/C19H24N2O2/c1-3-11-21-17-10-9-16(23-2)12-14(17)13-18(21)19(22)20-15-7-5-4-6-8-15/h3,9-10,12-13,15H,1,4-8,11H2,2H3,(H,20,22). The van der Waals surface area contributed by atoms with Crippen LogP contribution in [-0.4, -0.2) is 23.6 Å². The number of amides is 1. The first-order chi connectivity index (χ1) is 11.2. The largest absolute Gasteiger partial charge is 0.497 e. The number of methoxy groups -OCH3 is 1. The van der Waals surface area contributed by atoms with Crippen LogP contribution in [0.25, 0.3) is 10.9 Å². The molecule has 4 heteroatoms. The molecule has 2 aromatic rings. The summed E-state index contributed by atoms with van der Waals surface area (Å²) in [6, 6.07) is 8.13. The molecular weight excluding hydrogens is 288 g/mol. The molecule has 0 spiro atoms. The van der Waals surface area contributed by atoms with E-state index in [4.69, 9.17) is 4.74 Å². The minimum absolute atomic E-state index is 0.00826. The molecule has 0 atom stereocenters. The van der Waals surface area contributed by atoms with Gasteiger partial charge in [0.05, 0.1) is 7.11 Å². The van der Waals surface area contributed by atoms with Crippen LogP contribution in [0.5, 0.6) is 5.75 Å². The first kappa shape index (κ1) is 15.7. The van der Waals surface area contributed by atoms with Gasteiger partial charge in [-0.15, -0.1) is 6.58 Å². The number of allylic oxidation sites excluding steroid dienone is 1. The Morgan fingerprint density at radius 3 is 2.83 bits per heavy atom. The summed E-state index contributed by atoms with van der Waals surface area (Å²) in [4.78, 5) is 12.7. The van der Waals surface area contributed by atoms with Crippen molar-refractivity contribution in [1.82, 2.24) is 9.88 Å². The number of carbonyl (C=O) groups is 1. The number of benzene rings is 1. The lowest BCUT2D eigenvalue weighted by atomic mass is 9.95. The summed E-state index contributed by atoms with van der Waals surface area (Å²) in [5, 5.41) is 4.21. The SMILES string of the molecule is C=CCn1c(C(=O)NC2CCCCC2)cc2cc(OC)ccc21. The quantitative estimate of drug-likeness (QED) is 0.851. The van der Waals surface area contributed by atoms with E-state index in [0.29, 0.717) is 18.3 Å². The van der Waals surface area contributed by atoms with Crippen molar-refractivity contribution in [3.63, 3.8) is 0 Å². The van der Waals surface area contributed by atoms with Gasteiger partial charge in [-0.1, -0.05) is 25.3 Å². The Hall–Kier alpha value is -2.23. The molecule has 0 bridgehead atoms. The topological polar surface area (TPSA) is 43.3 Å². The first-order valence-electron chi connectivity index (χ1n) is 8.32. The van der Waals surface area contributed by atoms with Crippen molar-refractivity contribution in [1.29, 1.82) is 0 Å². The molecule has 0 unspecified atom stereocenters. The van der Waals surface area contributed by atoms with E-state index < -0.39 is 0 Å². The molecule has 0 radical (unpaired) electrons. The van der Waals surface area contributed by atoms with Gasteiger partial charge in [0.15, 0.2) is 0 Å². The smallest absolute Gasteiger partial charge is 0.268 e. The maximum absolute atomic E-state index is 12.7. The van der Waals surface area contributed by atoms with Gasteiger partial charge < -0.3 is 14.6 Å². The Labute approximate surface area is 137 Å². The molecule has 1 fully saturated rings. The van der Waals surface area contributed by atoms with Crippen LogP contribution in [0, 0.1) is 0 Å². The fourth-order valence-corrected chi connectivity index (χ4v) is 3.40. The minimum atomic E-state index is 0.00826. The molecule has 3 rings (SSSR count). The van der Waals surface area contributed by atoms with E-state index in [0.717, 1.165) is 29.5 Å². The highest BCUT2D eigenvalue weighted by Gasteiger charge is 2.20. The van der Waals surface area contributed by atoms with Crippen molar-refractivity contribution in [2.75, 3.05) is 7.11 Å². The van der Waals surface area contributed by atoms with Crippen molar-refractivity contribution >= 4 is 16.8 Å². The maximum Gasteiger partial charge on any atom is 0.268 e. The second kappa shape index (κ2) is 6.90. The van der Waals surface area contributed by atoms with Gasteiger partial charge in [0.25, 0.3) is 5.91 Å². The highest BCUT2D eigenvalue weighted by molar-refractivity contribution is 5.99. The third kappa shape index (κ3) is 3.26. The van der Waals surface area contributed by atoms with Gasteiger partial charge in [-0.3, -0.25) is 4.79 Å². The minimum Gasteiger partial charge on any atom is -0.497 e. The van der Waals surface area contributed by atoms with Gasteiger partial charge in [-0.25, -0.2) is 0 Å². The molecule has 1 aliphatic carbocycles. The summed E-state index contributed by atoms with van der Waals surface area (Å²) in [6.07, 6.45) is 7.68. The van der Waals surface area contributed by atoms with Crippen molar-refractivity contribution in [2.24, 2.45) is 0 Å². The number of ether oxygens (including phenoxy) is 1. The number of hydrogen-bond acceptors (Lipinski definition) is 2. The second-order valence-electron chi connectivity index (χ2n) is 6.16. The molecule has 1 saturated carbocycles. The van der Waals surface area contributed by atoms with Crippen LogP contribution in [0.1, 0.15) is 42.6 Å². The second-order valence-corrected chi connectivity index (χ2v) is 6.16. The molecule has 122 valence electrons. The number of aromatic nitrogens is 1. The zero-order chi connectivity index (χ0) is 16.2. The van der Waals surface area contributed by atoms with Crippen LogP contribution in [0.15, 0.2) is 36.9 Å². The van der Waals surface area contributed by atoms with Crippen LogP contribution in [0.4, 0.5) is 0 Å². The zero-order valence-corrected chi connectivity index (χ0v) is 13.7. The molecule has 1 amide bonds. The Bertz CT molecular complexity index is 711. The van der Waals surface area contributed by atoms with Crippen molar-refractivity contribution in [3.05, 3.63) is 42.6 Å². The highest BCUT2D eigenvalue weighted by atomic mass is 16.5. The fraction of sp³-hybridized carbons (Fsp3) is 0.421. The molecule has 0 saturated heterocycles. The van der Waals surface area contributed by atoms with Crippen molar-refractivity contribution in [2.45, 2.75) is 44.7 Å². The van der Waals surface area contributed by atoms with Gasteiger partial charge in [0, 0.05) is 23.5 Å². The van der Waals surface area contributed by atoms with E-state index in [2.05, 4.69) is 11.9 Å². The maximum atomic E-state index is 12.7. The van der Waals surface area contributed by atoms with Gasteiger partial charge in [0.1, 0.15) is 11.4 Å². The number of rotatable bonds is 5. The lowest BCUT2D eigenvalue weighted by Crippen LogP contribution is -2.37. The van der Waals surface area contributed by atoms with Gasteiger partial charge in [-0.2, -0.15) is 0 Å². The van der Waals surface area contributed by atoms with E-state index >= 15 is 0 Å². The number of nitrogens with zero attached hydrogens (tertiary/aromatic N) is 1. The lowest BCUT2D eigenvalue weighted by molar-refractivity contribution is 0.0919. The first-order valence-corrected chi connectivity index (χ1v) is 8.32. The third-order valence-corrected chi connectivity index (χ3v) is 4.59. The van der Waals surface area contributed by atoms with Crippen molar-refractivity contribution < 1.29 is 9.53 Å². The third-order valence-electron chi connectivity index (χ3n) is 4.59. The Morgan fingerprint density at radius 2 is 2.13 bits per heavy atom. The summed E-state index contributed by atoms with van der Waals surface area (Å²) in [5.41, 5.74) is 1.72. The highest BCUT2D eigenvalue weighted by Crippen LogP contribution is 2.25. The number of hydrogen-bond donors (Lipinski definition) is 1. The van der Waals surface area contributed by atoms with Crippen LogP contribution in [0.2, 0.25) is 0 Å².